The zero-order valence-electron chi connectivity index (χ0n) is 15.3. The van der Waals surface area contributed by atoms with Crippen LogP contribution in [0, 0.1) is 5.92 Å². The summed E-state index contributed by atoms with van der Waals surface area (Å²) in [5.41, 5.74) is 1.06. The van der Waals surface area contributed by atoms with E-state index in [1.807, 2.05) is 24.3 Å². The summed E-state index contributed by atoms with van der Waals surface area (Å²) >= 11 is 0. The van der Waals surface area contributed by atoms with Gasteiger partial charge in [-0.2, -0.15) is 0 Å². The summed E-state index contributed by atoms with van der Waals surface area (Å²) in [7, 11) is 1.64. The summed E-state index contributed by atoms with van der Waals surface area (Å²) in [5.74, 6) is 1.38. The van der Waals surface area contributed by atoms with Gasteiger partial charge in [-0.15, -0.1) is 0 Å². The zero-order chi connectivity index (χ0) is 17.9. The van der Waals surface area contributed by atoms with Crippen molar-refractivity contribution in [2.45, 2.75) is 40.0 Å². The Bertz CT molecular complexity index is 529. The van der Waals surface area contributed by atoms with E-state index in [9.17, 15) is 9.59 Å². The molecule has 1 aromatic rings. The van der Waals surface area contributed by atoms with E-state index in [-0.39, 0.29) is 11.8 Å². The minimum absolute atomic E-state index is 0.000748. The highest BCUT2D eigenvalue weighted by atomic mass is 16.5. The predicted octanol–water partition coefficient (Wildman–Crippen LogP) is 2.64. The number of carbonyl (C=O) groups is 2. The Morgan fingerprint density at radius 1 is 1.21 bits per heavy atom. The fourth-order valence-corrected chi connectivity index (χ4v) is 2.42. The van der Waals surface area contributed by atoms with Crippen LogP contribution in [-0.4, -0.2) is 43.5 Å². The van der Waals surface area contributed by atoms with E-state index in [4.69, 9.17) is 4.74 Å². The highest BCUT2D eigenvalue weighted by Crippen LogP contribution is 2.18. The molecule has 0 saturated heterocycles. The van der Waals surface area contributed by atoms with Crippen LogP contribution in [0.3, 0.4) is 0 Å². The van der Waals surface area contributed by atoms with Crippen molar-refractivity contribution < 1.29 is 14.3 Å². The second kappa shape index (κ2) is 10.7. The van der Waals surface area contributed by atoms with Crippen molar-refractivity contribution in [3.8, 4) is 5.75 Å². The maximum Gasteiger partial charge on any atom is 0.221 e. The number of ether oxygens (including phenoxy) is 1. The topological polar surface area (TPSA) is 58.6 Å². The first-order valence-electron chi connectivity index (χ1n) is 8.58. The maximum atomic E-state index is 11.9. The van der Waals surface area contributed by atoms with Crippen molar-refractivity contribution in [1.82, 2.24) is 10.2 Å². The summed E-state index contributed by atoms with van der Waals surface area (Å²) in [6.45, 7) is 7.51. The predicted molar refractivity (Wildman–Crippen MR) is 96.0 cm³/mol. The third kappa shape index (κ3) is 7.49. The number of benzene rings is 1. The first-order chi connectivity index (χ1) is 11.4. The van der Waals surface area contributed by atoms with Gasteiger partial charge < -0.3 is 15.0 Å². The molecule has 24 heavy (non-hydrogen) atoms. The molecule has 1 N–H and O–H groups in total. The Labute approximate surface area is 145 Å². The number of nitrogens with zero attached hydrogens (tertiary/aromatic N) is 1. The van der Waals surface area contributed by atoms with Gasteiger partial charge in [0, 0.05) is 33.0 Å². The van der Waals surface area contributed by atoms with Gasteiger partial charge in [0.2, 0.25) is 11.8 Å². The van der Waals surface area contributed by atoms with E-state index in [0.717, 1.165) is 17.7 Å². The van der Waals surface area contributed by atoms with Crippen LogP contribution in [0.4, 0.5) is 0 Å². The molecule has 0 radical (unpaired) electrons. The largest absolute Gasteiger partial charge is 0.496 e. The molecule has 0 bridgehead atoms. The monoisotopic (exact) mass is 334 g/mol. The van der Waals surface area contributed by atoms with Gasteiger partial charge in [-0.3, -0.25) is 9.59 Å². The SMILES string of the molecule is COc1ccccc1CCN(CCC(=O)NCCC(C)C)C(C)=O. The summed E-state index contributed by atoms with van der Waals surface area (Å²) in [5, 5.41) is 2.90. The van der Waals surface area contributed by atoms with Gasteiger partial charge >= 0.3 is 0 Å². The van der Waals surface area contributed by atoms with Gasteiger partial charge in [0.25, 0.3) is 0 Å². The molecule has 0 heterocycles. The number of carbonyl (C=O) groups excluding carboxylic acids is 2. The van der Waals surface area contributed by atoms with Crippen LogP contribution in [0.15, 0.2) is 24.3 Å². The summed E-state index contributed by atoms with van der Waals surface area (Å²) < 4.78 is 5.33. The normalized spacial score (nSPS) is 10.5. The van der Waals surface area contributed by atoms with E-state index < -0.39 is 0 Å². The molecule has 2 amide bonds. The molecule has 0 aromatic heterocycles. The smallest absolute Gasteiger partial charge is 0.221 e. The van der Waals surface area contributed by atoms with Gasteiger partial charge in [-0.05, 0) is 30.4 Å². The lowest BCUT2D eigenvalue weighted by molar-refractivity contribution is -0.129. The molecule has 0 saturated carbocycles. The fourth-order valence-electron chi connectivity index (χ4n) is 2.42. The molecule has 1 aromatic carbocycles. The van der Waals surface area contributed by atoms with Crippen molar-refractivity contribution in [3.63, 3.8) is 0 Å². The van der Waals surface area contributed by atoms with Crippen LogP contribution in [-0.2, 0) is 16.0 Å². The first kappa shape index (κ1) is 20.0. The fraction of sp³-hybridized carbons (Fsp3) is 0.579. The number of hydrogen-bond donors (Lipinski definition) is 1. The van der Waals surface area contributed by atoms with Crippen molar-refractivity contribution in [2.75, 3.05) is 26.7 Å². The number of nitrogens with one attached hydrogen (secondary N) is 1. The van der Waals surface area contributed by atoms with Crippen LogP contribution >= 0.6 is 0 Å². The van der Waals surface area contributed by atoms with Gasteiger partial charge in [-0.25, -0.2) is 0 Å². The number of para-hydroxylation sites is 1. The number of rotatable bonds is 10. The quantitative estimate of drug-likeness (QED) is 0.715. The van der Waals surface area contributed by atoms with E-state index in [2.05, 4.69) is 19.2 Å². The third-order valence-corrected chi connectivity index (χ3v) is 3.94. The molecule has 5 nitrogen and oxygen atoms in total. The Kier molecular flexibility index (Phi) is 8.90. The molecule has 1 rings (SSSR count). The van der Waals surface area contributed by atoms with Crippen LogP contribution < -0.4 is 10.1 Å². The average molecular weight is 334 g/mol. The van der Waals surface area contributed by atoms with Crippen molar-refractivity contribution in [3.05, 3.63) is 29.8 Å². The van der Waals surface area contributed by atoms with Gasteiger partial charge in [0.1, 0.15) is 5.75 Å². The molecule has 0 aliphatic rings. The standard InChI is InChI=1S/C19H30N2O3/c1-15(2)9-12-20-19(23)11-14-21(16(3)22)13-10-17-7-5-6-8-18(17)24-4/h5-8,15H,9-14H2,1-4H3,(H,20,23). The Morgan fingerprint density at radius 2 is 1.92 bits per heavy atom. The van der Waals surface area contributed by atoms with Crippen molar-refractivity contribution >= 4 is 11.8 Å². The average Bonchev–Trinajstić information content (AvgIpc) is 2.54. The van der Waals surface area contributed by atoms with Crippen LogP contribution in [0.25, 0.3) is 0 Å². The molecule has 0 spiro atoms. The molecule has 0 atom stereocenters. The lowest BCUT2D eigenvalue weighted by Gasteiger charge is -2.21. The van der Waals surface area contributed by atoms with Crippen molar-refractivity contribution in [2.24, 2.45) is 5.92 Å². The lowest BCUT2D eigenvalue weighted by Crippen LogP contribution is -2.35. The Hall–Kier alpha value is -2.04. The van der Waals surface area contributed by atoms with Crippen LogP contribution in [0.5, 0.6) is 5.75 Å². The number of amides is 2. The third-order valence-electron chi connectivity index (χ3n) is 3.94. The number of methoxy groups -OCH3 is 1. The number of hydrogen-bond acceptors (Lipinski definition) is 3. The van der Waals surface area contributed by atoms with E-state index in [0.29, 0.717) is 38.4 Å². The lowest BCUT2D eigenvalue weighted by atomic mass is 10.1. The highest BCUT2D eigenvalue weighted by molar-refractivity contribution is 5.78. The minimum Gasteiger partial charge on any atom is -0.496 e. The minimum atomic E-state index is -0.0140. The Balaban J connectivity index is 2.44. The zero-order valence-corrected chi connectivity index (χ0v) is 15.3. The molecule has 0 unspecified atom stereocenters. The van der Waals surface area contributed by atoms with E-state index in [1.54, 1.807) is 18.9 Å². The Morgan fingerprint density at radius 3 is 2.54 bits per heavy atom. The second-order valence-electron chi connectivity index (χ2n) is 6.35. The van der Waals surface area contributed by atoms with Gasteiger partial charge in [0.15, 0.2) is 0 Å². The molecule has 0 aliphatic heterocycles. The van der Waals surface area contributed by atoms with Crippen LogP contribution in [0.2, 0.25) is 0 Å². The van der Waals surface area contributed by atoms with Gasteiger partial charge in [0.05, 0.1) is 7.11 Å². The van der Waals surface area contributed by atoms with Crippen molar-refractivity contribution in [1.29, 1.82) is 0 Å². The van der Waals surface area contributed by atoms with E-state index >= 15 is 0 Å². The van der Waals surface area contributed by atoms with Crippen LogP contribution in [0.1, 0.15) is 39.2 Å². The molecule has 0 aliphatic carbocycles. The maximum absolute atomic E-state index is 11.9. The molecule has 134 valence electrons. The molecular formula is C19H30N2O3. The van der Waals surface area contributed by atoms with Gasteiger partial charge in [-0.1, -0.05) is 32.0 Å². The summed E-state index contributed by atoms with van der Waals surface area (Å²) in [6, 6.07) is 7.79. The molecule has 5 heteroatoms. The molecule has 0 fully saturated rings. The van der Waals surface area contributed by atoms with E-state index in [1.165, 1.54) is 0 Å². The highest BCUT2D eigenvalue weighted by Gasteiger charge is 2.12. The summed E-state index contributed by atoms with van der Waals surface area (Å²) in [6.07, 6.45) is 2.01. The molecular weight excluding hydrogens is 304 g/mol. The second-order valence-corrected chi connectivity index (χ2v) is 6.35. The first-order valence-corrected chi connectivity index (χ1v) is 8.58. The summed E-state index contributed by atoms with van der Waals surface area (Å²) in [4.78, 5) is 25.4.